The van der Waals surface area contributed by atoms with Gasteiger partial charge in [0.15, 0.2) is 18.2 Å². The third-order valence-electron chi connectivity index (χ3n) is 4.59. The summed E-state index contributed by atoms with van der Waals surface area (Å²) in [5.74, 6) is -0.263. The van der Waals surface area contributed by atoms with Crippen LogP contribution in [0, 0.1) is 11.2 Å². The minimum Gasteiger partial charge on any atom is -0.488 e. The van der Waals surface area contributed by atoms with Gasteiger partial charge in [-0.15, -0.1) is 0 Å². The molecule has 0 fully saturated rings. The number of hydrogen-bond donors (Lipinski definition) is 1. The summed E-state index contributed by atoms with van der Waals surface area (Å²) in [5.41, 5.74) is -0.403. The van der Waals surface area contributed by atoms with Crippen molar-refractivity contribution < 1.29 is 23.1 Å². The first kappa shape index (κ1) is 21.4. The van der Waals surface area contributed by atoms with Gasteiger partial charge in [-0.2, -0.15) is 0 Å². The number of fused-ring (bicyclic) bond motifs is 1. The topological polar surface area (TPSA) is 77.8 Å². The normalized spacial score (nSPS) is 12.4. The van der Waals surface area contributed by atoms with Crippen LogP contribution in [0.3, 0.4) is 0 Å². The van der Waals surface area contributed by atoms with Crippen molar-refractivity contribution in [3.8, 4) is 11.5 Å². The first-order valence-corrected chi connectivity index (χ1v) is 9.56. The van der Waals surface area contributed by atoms with Gasteiger partial charge in [-0.3, -0.25) is 4.79 Å². The molecule has 1 aromatic heterocycles. The van der Waals surface area contributed by atoms with Crippen molar-refractivity contribution in [1.82, 2.24) is 5.32 Å². The van der Waals surface area contributed by atoms with Crippen LogP contribution in [0.1, 0.15) is 20.8 Å². The highest BCUT2D eigenvalue weighted by Gasteiger charge is 2.27. The zero-order chi connectivity index (χ0) is 21.7. The molecular formula is C23H24FNO5. The summed E-state index contributed by atoms with van der Waals surface area (Å²) in [4.78, 5) is 23.8. The Hall–Kier alpha value is -3.35. The van der Waals surface area contributed by atoms with Crippen LogP contribution in [-0.2, 0) is 4.79 Å². The number of carbonyl (C=O) groups is 1. The molecule has 1 atom stereocenters. The smallest absolute Gasteiger partial charge is 0.336 e. The van der Waals surface area contributed by atoms with E-state index in [0.717, 1.165) is 5.39 Å². The van der Waals surface area contributed by atoms with Gasteiger partial charge in [0.25, 0.3) is 5.91 Å². The predicted molar refractivity (Wildman–Crippen MR) is 111 cm³/mol. The number of nitrogens with one attached hydrogen (secondary N) is 1. The summed E-state index contributed by atoms with van der Waals surface area (Å²) in [5, 5.41) is 3.63. The standard InChI is InChI=1S/C23H24FNO5/c1-23(2,3)20(13-29-18-7-5-4-6-17(18)24)25-21(26)14-28-16-10-8-15-9-11-22(27)30-19(15)12-16/h4-12,20H,13-14H2,1-3H3,(H,25,26). The summed E-state index contributed by atoms with van der Waals surface area (Å²) in [6.45, 7) is 5.74. The fraction of sp³-hybridized carbons (Fsp3) is 0.304. The Morgan fingerprint density at radius 1 is 1.10 bits per heavy atom. The zero-order valence-corrected chi connectivity index (χ0v) is 17.1. The second-order valence-corrected chi connectivity index (χ2v) is 7.97. The van der Waals surface area contributed by atoms with Gasteiger partial charge in [0.05, 0.1) is 6.04 Å². The van der Waals surface area contributed by atoms with Gasteiger partial charge in [-0.1, -0.05) is 32.9 Å². The molecule has 2 aromatic carbocycles. The molecule has 1 N–H and O–H groups in total. The van der Waals surface area contributed by atoms with E-state index in [0.29, 0.717) is 11.3 Å². The lowest BCUT2D eigenvalue weighted by Gasteiger charge is -2.31. The molecule has 1 amide bonds. The Morgan fingerprint density at radius 3 is 2.57 bits per heavy atom. The molecule has 0 saturated heterocycles. The second kappa shape index (κ2) is 8.98. The van der Waals surface area contributed by atoms with E-state index >= 15 is 0 Å². The lowest BCUT2D eigenvalue weighted by atomic mass is 9.87. The van der Waals surface area contributed by atoms with Crippen LogP contribution >= 0.6 is 0 Å². The van der Waals surface area contributed by atoms with Gasteiger partial charge in [-0.05, 0) is 35.7 Å². The monoisotopic (exact) mass is 413 g/mol. The molecule has 0 aliphatic heterocycles. The first-order valence-electron chi connectivity index (χ1n) is 9.56. The summed E-state index contributed by atoms with van der Waals surface area (Å²) < 4.78 is 30.0. The van der Waals surface area contributed by atoms with E-state index in [4.69, 9.17) is 13.9 Å². The van der Waals surface area contributed by atoms with Gasteiger partial charge < -0.3 is 19.2 Å². The van der Waals surface area contributed by atoms with Crippen molar-refractivity contribution >= 4 is 16.9 Å². The fourth-order valence-corrected chi connectivity index (χ4v) is 2.76. The number of ether oxygens (including phenoxy) is 2. The quantitative estimate of drug-likeness (QED) is 0.594. The van der Waals surface area contributed by atoms with Crippen LogP contribution in [0.4, 0.5) is 4.39 Å². The number of carbonyl (C=O) groups excluding carboxylic acids is 1. The first-order chi connectivity index (χ1) is 14.2. The molecule has 0 radical (unpaired) electrons. The van der Waals surface area contributed by atoms with Gasteiger partial charge >= 0.3 is 5.63 Å². The van der Waals surface area contributed by atoms with Gasteiger partial charge in [0.1, 0.15) is 17.9 Å². The number of benzene rings is 2. The maximum Gasteiger partial charge on any atom is 0.336 e. The number of halogens is 1. The zero-order valence-electron chi connectivity index (χ0n) is 17.1. The molecular weight excluding hydrogens is 389 g/mol. The lowest BCUT2D eigenvalue weighted by Crippen LogP contribution is -2.49. The fourth-order valence-electron chi connectivity index (χ4n) is 2.76. The number of hydrogen-bond acceptors (Lipinski definition) is 5. The summed E-state index contributed by atoms with van der Waals surface area (Å²) in [7, 11) is 0. The average Bonchev–Trinajstić information content (AvgIpc) is 2.69. The van der Waals surface area contributed by atoms with Gasteiger partial charge in [-0.25, -0.2) is 9.18 Å². The average molecular weight is 413 g/mol. The van der Waals surface area contributed by atoms with Crippen LogP contribution in [0.25, 0.3) is 11.0 Å². The van der Waals surface area contributed by atoms with Gasteiger partial charge in [0.2, 0.25) is 0 Å². The Kier molecular flexibility index (Phi) is 6.40. The maximum absolute atomic E-state index is 13.8. The van der Waals surface area contributed by atoms with E-state index in [1.54, 1.807) is 36.4 Å². The Balaban J connectivity index is 1.60. The molecule has 6 nitrogen and oxygen atoms in total. The third-order valence-corrected chi connectivity index (χ3v) is 4.59. The van der Waals surface area contributed by atoms with Crippen molar-refractivity contribution in [2.45, 2.75) is 26.8 Å². The number of para-hydroxylation sites is 1. The van der Waals surface area contributed by atoms with Crippen LogP contribution in [0.15, 0.2) is 63.8 Å². The van der Waals surface area contributed by atoms with E-state index in [1.807, 2.05) is 20.8 Å². The predicted octanol–water partition coefficient (Wildman–Crippen LogP) is 3.92. The van der Waals surface area contributed by atoms with Crippen molar-refractivity contribution in [2.24, 2.45) is 5.41 Å². The van der Waals surface area contributed by atoms with E-state index < -0.39 is 11.4 Å². The highest BCUT2D eigenvalue weighted by atomic mass is 19.1. The lowest BCUT2D eigenvalue weighted by molar-refractivity contribution is -0.124. The van der Waals surface area contributed by atoms with Crippen LogP contribution in [0.2, 0.25) is 0 Å². The van der Waals surface area contributed by atoms with Crippen LogP contribution in [0.5, 0.6) is 11.5 Å². The van der Waals surface area contributed by atoms with Crippen molar-refractivity contribution in [3.05, 3.63) is 70.8 Å². The van der Waals surface area contributed by atoms with E-state index in [2.05, 4.69) is 5.32 Å². The van der Waals surface area contributed by atoms with Crippen molar-refractivity contribution in [3.63, 3.8) is 0 Å². The molecule has 7 heteroatoms. The van der Waals surface area contributed by atoms with Crippen molar-refractivity contribution in [2.75, 3.05) is 13.2 Å². The van der Waals surface area contributed by atoms with E-state index in [9.17, 15) is 14.0 Å². The summed E-state index contributed by atoms with van der Waals surface area (Å²) in [6.07, 6.45) is 0. The molecule has 0 bridgehead atoms. The minimum absolute atomic E-state index is 0.108. The van der Waals surface area contributed by atoms with Gasteiger partial charge in [0, 0.05) is 17.5 Å². The van der Waals surface area contributed by atoms with E-state index in [-0.39, 0.29) is 36.3 Å². The minimum atomic E-state index is -0.458. The Bertz CT molecular complexity index is 1090. The van der Waals surface area contributed by atoms with Crippen LogP contribution < -0.4 is 20.4 Å². The molecule has 1 heterocycles. The molecule has 0 saturated carbocycles. The molecule has 30 heavy (non-hydrogen) atoms. The van der Waals surface area contributed by atoms with E-state index in [1.165, 1.54) is 18.2 Å². The molecule has 1 unspecified atom stereocenters. The number of rotatable bonds is 7. The highest BCUT2D eigenvalue weighted by molar-refractivity contribution is 5.79. The Labute approximate surface area is 173 Å². The molecule has 3 rings (SSSR count). The Morgan fingerprint density at radius 2 is 1.83 bits per heavy atom. The molecule has 3 aromatic rings. The summed E-state index contributed by atoms with van der Waals surface area (Å²) in [6, 6.07) is 13.7. The molecule has 0 aliphatic carbocycles. The van der Waals surface area contributed by atoms with Crippen LogP contribution in [-0.4, -0.2) is 25.2 Å². The largest absolute Gasteiger partial charge is 0.488 e. The van der Waals surface area contributed by atoms with Crippen molar-refractivity contribution in [1.29, 1.82) is 0 Å². The SMILES string of the molecule is CC(C)(C)C(COc1ccccc1F)NC(=O)COc1ccc2ccc(=O)oc2c1. The maximum atomic E-state index is 13.8. The third kappa shape index (κ3) is 5.59. The molecule has 0 spiro atoms. The summed E-state index contributed by atoms with van der Waals surface area (Å²) >= 11 is 0. The second-order valence-electron chi connectivity index (χ2n) is 7.97. The molecule has 0 aliphatic rings. The number of amides is 1. The highest BCUT2D eigenvalue weighted by Crippen LogP contribution is 2.23. The molecule has 158 valence electrons.